The average Bonchev–Trinajstić information content (AvgIpc) is 2.54. The molecule has 0 saturated carbocycles. The van der Waals surface area contributed by atoms with Crippen molar-refractivity contribution >= 4 is 10.0 Å². The van der Waals surface area contributed by atoms with Gasteiger partial charge in [0.05, 0.1) is 11.0 Å². The van der Waals surface area contributed by atoms with Crippen LogP contribution in [0.25, 0.3) is 0 Å². The second-order valence-electron chi connectivity index (χ2n) is 6.71. The average molecular weight is 347 g/mol. The minimum absolute atomic E-state index is 0.0530. The molecule has 0 amide bonds. The van der Waals surface area contributed by atoms with Crippen LogP contribution in [0.2, 0.25) is 0 Å². The Morgan fingerprint density at radius 1 is 1.00 bits per heavy atom. The number of nitrogens with one attached hydrogen (secondary N) is 1. The summed E-state index contributed by atoms with van der Waals surface area (Å²) < 4.78 is 33.2. The van der Waals surface area contributed by atoms with Crippen LogP contribution in [0.3, 0.4) is 0 Å². The summed E-state index contributed by atoms with van der Waals surface area (Å²) >= 11 is 0. The Morgan fingerprint density at radius 3 is 2.12 bits per heavy atom. The number of sulfonamides is 1. The molecule has 24 heavy (non-hydrogen) atoms. The van der Waals surface area contributed by atoms with Crippen molar-refractivity contribution in [2.24, 2.45) is 0 Å². The van der Waals surface area contributed by atoms with E-state index in [0.29, 0.717) is 12.3 Å². The first-order chi connectivity index (χ1) is 11.2. The van der Waals surface area contributed by atoms with Gasteiger partial charge in [0.25, 0.3) is 0 Å². The van der Waals surface area contributed by atoms with Gasteiger partial charge in [-0.3, -0.25) is 0 Å². The molecule has 0 aliphatic heterocycles. The van der Waals surface area contributed by atoms with Gasteiger partial charge in [-0.15, -0.1) is 0 Å². The van der Waals surface area contributed by atoms with Crippen LogP contribution in [0.15, 0.2) is 59.5 Å². The zero-order chi connectivity index (χ0) is 17.8. The van der Waals surface area contributed by atoms with Gasteiger partial charge in [-0.05, 0) is 43.7 Å². The van der Waals surface area contributed by atoms with E-state index in [-0.39, 0.29) is 16.4 Å². The zero-order valence-corrected chi connectivity index (χ0v) is 15.4. The molecule has 4 nitrogen and oxygen atoms in total. The van der Waals surface area contributed by atoms with Crippen molar-refractivity contribution in [3.8, 4) is 5.75 Å². The number of ether oxygens (including phenoxy) is 1. The smallest absolute Gasteiger partial charge is 0.240 e. The standard InChI is InChI=1S/C19H25NO3S/c1-15(2)23-17-10-12-18(13-11-17)24(21,22)20-14-19(3,4)16-8-6-5-7-9-16/h5-13,15,20H,14H2,1-4H3. The molecule has 0 heterocycles. The molecule has 0 aliphatic carbocycles. The van der Waals surface area contributed by atoms with Gasteiger partial charge in [0.15, 0.2) is 0 Å². The molecular weight excluding hydrogens is 322 g/mol. The lowest BCUT2D eigenvalue weighted by molar-refractivity contribution is 0.242. The second kappa shape index (κ2) is 7.36. The van der Waals surface area contributed by atoms with E-state index in [2.05, 4.69) is 4.72 Å². The Kier molecular flexibility index (Phi) is 5.67. The van der Waals surface area contributed by atoms with Crippen molar-refractivity contribution in [1.29, 1.82) is 0 Å². The van der Waals surface area contributed by atoms with Crippen molar-refractivity contribution in [2.45, 2.75) is 44.1 Å². The van der Waals surface area contributed by atoms with Crippen LogP contribution >= 0.6 is 0 Å². The van der Waals surface area contributed by atoms with Crippen LogP contribution in [-0.4, -0.2) is 21.1 Å². The third-order valence-electron chi connectivity index (χ3n) is 3.77. The maximum Gasteiger partial charge on any atom is 0.240 e. The minimum Gasteiger partial charge on any atom is -0.491 e. The van der Waals surface area contributed by atoms with E-state index in [1.807, 2.05) is 58.0 Å². The molecule has 2 aromatic rings. The molecule has 0 bridgehead atoms. The molecular formula is C19H25NO3S. The van der Waals surface area contributed by atoms with Crippen LogP contribution in [0, 0.1) is 0 Å². The molecule has 0 fully saturated rings. The third kappa shape index (κ3) is 4.82. The van der Waals surface area contributed by atoms with Crippen LogP contribution in [0.4, 0.5) is 0 Å². The van der Waals surface area contributed by atoms with Gasteiger partial charge in [0, 0.05) is 12.0 Å². The van der Waals surface area contributed by atoms with E-state index in [1.165, 1.54) is 0 Å². The molecule has 2 rings (SSSR count). The third-order valence-corrected chi connectivity index (χ3v) is 5.18. The molecule has 130 valence electrons. The largest absolute Gasteiger partial charge is 0.491 e. The molecule has 0 spiro atoms. The highest BCUT2D eigenvalue weighted by atomic mass is 32.2. The number of benzene rings is 2. The summed E-state index contributed by atoms with van der Waals surface area (Å²) in [6.07, 6.45) is 0.0530. The lowest BCUT2D eigenvalue weighted by Crippen LogP contribution is -2.36. The SMILES string of the molecule is CC(C)Oc1ccc(S(=O)(=O)NCC(C)(C)c2ccccc2)cc1. The fourth-order valence-corrected chi connectivity index (χ4v) is 3.53. The summed E-state index contributed by atoms with van der Waals surface area (Å²) in [7, 11) is -3.55. The van der Waals surface area contributed by atoms with E-state index in [4.69, 9.17) is 4.74 Å². The van der Waals surface area contributed by atoms with Gasteiger partial charge >= 0.3 is 0 Å². The van der Waals surface area contributed by atoms with E-state index >= 15 is 0 Å². The second-order valence-corrected chi connectivity index (χ2v) is 8.48. The normalized spacial score (nSPS) is 12.4. The lowest BCUT2D eigenvalue weighted by atomic mass is 9.85. The van der Waals surface area contributed by atoms with Crippen molar-refractivity contribution in [1.82, 2.24) is 4.72 Å². The molecule has 0 atom stereocenters. The monoisotopic (exact) mass is 347 g/mol. The maximum absolute atomic E-state index is 12.5. The predicted octanol–water partition coefficient (Wildman–Crippen LogP) is 3.73. The van der Waals surface area contributed by atoms with Gasteiger partial charge in [0.1, 0.15) is 5.75 Å². The van der Waals surface area contributed by atoms with E-state index in [1.54, 1.807) is 24.3 Å². The Morgan fingerprint density at radius 2 is 1.58 bits per heavy atom. The fourth-order valence-electron chi connectivity index (χ4n) is 2.32. The molecule has 1 N–H and O–H groups in total. The quantitative estimate of drug-likeness (QED) is 0.830. The summed E-state index contributed by atoms with van der Waals surface area (Å²) in [5.41, 5.74) is 0.794. The van der Waals surface area contributed by atoms with Crippen LogP contribution in [0.5, 0.6) is 5.75 Å². The number of hydrogen-bond donors (Lipinski definition) is 1. The van der Waals surface area contributed by atoms with Crippen LogP contribution < -0.4 is 9.46 Å². The molecule has 2 aromatic carbocycles. The van der Waals surface area contributed by atoms with Crippen molar-refractivity contribution in [3.05, 3.63) is 60.2 Å². The van der Waals surface area contributed by atoms with Crippen LogP contribution in [-0.2, 0) is 15.4 Å². The first-order valence-corrected chi connectivity index (χ1v) is 9.51. The van der Waals surface area contributed by atoms with Gasteiger partial charge in [-0.2, -0.15) is 0 Å². The summed E-state index contributed by atoms with van der Waals surface area (Å²) in [4.78, 5) is 0.238. The van der Waals surface area contributed by atoms with Crippen molar-refractivity contribution < 1.29 is 13.2 Å². The molecule has 0 radical (unpaired) electrons. The molecule has 0 aliphatic rings. The Hall–Kier alpha value is -1.85. The summed E-state index contributed by atoms with van der Waals surface area (Å²) in [5.74, 6) is 0.661. The topological polar surface area (TPSA) is 55.4 Å². The highest BCUT2D eigenvalue weighted by Gasteiger charge is 2.24. The molecule has 5 heteroatoms. The highest BCUT2D eigenvalue weighted by molar-refractivity contribution is 7.89. The van der Waals surface area contributed by atoms with Gasteiger partial charge < -0.3 is 4.74 Å². The summed E-state index contributed by atoms with van der Waals surface area (Å²) in [6.45, 7) is 8.22. The van der Waals surface area contributed by atoms with Crippen molar-refractivity contribution in [3.63, 3.8) is 0 Å². The Balaban J connectivity index is 2.08. The molecule has 0 unspecified atom stereocenters. The highest BCUT2D eigenvalue weighted by Crippen LogP contribution is 2.23. The predicted molar refractivity (Wildman–Crippen MR) is 96.9 cm³/mol. The van der Waals surface area contributed by atoms with Crippen LogP contribution in [0.1, 0.15) is 33.3 Å². The summed E-state index contributed by atoms with van der Waals surface area (Å²) in [5, 5.41) is 0. The van der Waals surface area contributed by atoms with E-state index < -0.39 is 10.0 Å². The van der Waals surface area contributed by atoms with Crippen molar-refractivity contribution in [2.75, 3.05) is 6.54 Å². The number of rotatable bonds is 7. The Bertz CT molecular complexity index is 751. The lowest BCUT2D eigenvalue weighted by Gasteiger charge is -2.25. The maximum atomic E-state index is 12.5. The van der Waals surface area contributed by atoms with Gasteiger partial charge in [-0.25, -0.2) is 13.1 Å². The first-order valence-electron chi connectivity index (χ1n) is 8.03. The van der Waals surface area contributed by atoms with E-state index in [9.17, 15) is 8.42 Å². The Labute approximate surface area is 144 Å². The van der Waals surface area contributed by atoms with E-state index in [0.717, 1.165) is 5.56 Å². The van der Waals surface area contributed by atoms with Gasteiger partial charge in [0.2, 0.25) is 10.0 Å². The first kappa shape index (κ1) is 18.5. The molecule has 0 aromatic heterocycles. The molecule has 0 saturated heterocycles. The number of hydrogen-bond acceptors (Lipinski definition) is 3. The summed E-state index contributed by atoms with van der Waals surface area (Å²) in [6, 6.07) is 16.4. The zero-order valence-electron chi connectivity index (χ0n) is 14.6. The minimum atomic E-state index is -3.55. The van der Waals surface area contributed by atoms with Gasteiger partial charge in [-0.1, -0.05) is 44.2 Å². The fraction of sp³-hybridized carbons (Fsp3) is 0.368.